The fraction of sp³-hybridized carbons (Fsp3) is 0.600. The highest BCUT2D eigenvalue weighted by atomic mass is 32.2. The van der Waals surface area contributed by atoms with Crippen LogP contribution in [0.1, 0.15) is 12.8 Å². The van der Waals surface area contributed by atoms with Gasteiger partial charge in [0.2, 0.25) is 11.9 Å². The summed E-state index contributed by atoms with van der Waals surface area (Å²) in [7, 11) is -1.48. The summed E-state index contributed by atoms with van der Waals surface area (Å²) >= 11 is 0. The minimum atomic E-state index is -3.06. The van der Waals surface area contributed by atoms with Crippen molar-refractivity contribution in [3.05, 3.63) is 23.8 Å². The van der Waals surface area contributed by atoms with Crippen LogP contribution in [0.5, 0.6) is 0 Å². The van der Waals surface area contributed by atoms with E-state index in [0.29, 0.717) is 13.0 Å². The van der Waals surface area contributed by atoms with Gasteiger partial charge in [-0.05, 0) is 18.8 Å². The number of amides is 1. The molecule has 0 saturated carbocycles. The van der Waals surface area contributed by atoms with Crippen LogP contribution >= 0.6 is 0 Å². The maximum Gasteiger partial charge on any atom is 0.242 e. The number of piperidine rings is 1. The number of imidazole rings is 1. The van der Waals surface area contributed by atoms with Gasteiger partial charge in [-0.25, -0.2) is 26.6 Å². The number of anilines is 1. The van der Waals surface area contributed by atoms with Crippen LogP contribution in [-0.4, -0.2) is 79.2 Å². The van der Waals surface area contributed by atoms with E-state index in [4.69, 9.17) is 5.73 Å². The lowest BCUT2D eigenvalue weighted by Crippen LogP contribution is -2.50. The average Bonchev–Trinajstić information content (AvgIpc) is 3.23. The number of carbonyl (C=O) groups is 1. The van der Waals surface area contributed by atoms with Gasteiger partial charge in [-0.1, -0.05) is 0 Å². The van der Waals surface area contributed by atoms with Gasteiger partial charge in [0.25, 0.3) is 0 Å². The van der Waals surface area contributed by atoms with Crippen molar-refractivity contribution in [1.29, 1.82) is 0 Å². The topological polar surface area (TPSA) is 102 Å². The molecule has 32 heavy (non-hydrogen) atoms. The third-order valence-electron chi connectivity index (χ3n) is 6.20. The number of fused-ring (bicyclic) bond motifs is 1. The fourth-order valence-corrected chi connectivity index (χ4v) is 6.25. The van der Waals surface area contributed by atoms with Gasteiger partial charge in [0.15, 0.2) is 21.5 Å². The second-order valence-corrected chi connectivity index (χ2v) is 10.9. The molecule has 2 N–H and O–H groups in total. The van der Waals surface area contributed by atoms with Gasteiger partial charge in [-0.3, -0.25) is 4.79 Å². The Balaban J connectivity index is 1.61. The van der Waals surface area contributed by atoms with E-state index >= 15 is 0 Å². The van der Waals surface area contributed by atoms with E-state index in [-0.39, 0.29) is 66.4 Å². The lowest BCUT2D eigenvalue weighted by molar-refractivity contribution is -0.130. The zero-order valence-electron chi connectivity index (χ0n) is 17.7. The van der Waals surface area contributed by atoms with Crippen molar-refractivity contribution < 1.29 is 26.4 Å². The van der Waals surface area contributed by atoms with Gasteiger partial charge < -0.3 is 20.1 Å². The van der Waals surface area contributed by atoms with Crippen molar-refractivity contribution in [1.82, 2.24) is 14.5 Å². The molecule has 176 valence electrons. The second kappa shape index (κ2) is 8.54. The van der Waals surface area contributed by atoms with Crippen LogP contribution < -0.4 is 10.6 Å². The van der Waals surface area contributed by atoms with Crippen LogP contribution in [0.3, 0.4) is 0 Å². The Hall–Kier alpha value is -2.34. The standard InChI is InChI=1S/C20H26F3N5O3S/c1-26(8-12-3-5-32(30,31)11-12)19(29)10-28-18-7-15(23)14(22)6-17(18)25-20(28)27-4-2-13(21)16(24)9-27/h6-7,12-13,16H,2-5,8-11,24H2,1H3/t12?,13-,16-/m1/s1. The monoisotopic (exact) mass is 473 g/mol. The summed E-state index contributed by atoms with van der Waals surface area (Å²) in [5, 5.41) is 0. The number of hydrogen-bond acceptors (Lipinski definition) is 6. The minimum absolute atomic E-state index is 0.0461. The second-order valence-electron chi connectivity index (χ2n) is 8.71. The van der Waals surface area contributed by atoms with Crippen LogP contribution in [0.4, 0.5) is 19.1 Å². The summed E-state index contributed by atoms with van der Waals surface area (Å²) in [6.07, 6.45) is -0.481. The minimum Gasteiger partial charge on any atom is -0.344 e. The summed E-state index contributed by atoms with van der Waals surface area (Å²) in [5.41, 5.74) is 6.27. The van der Waals surface area contributed by atoms with Crippen LogP contribution in [0.15, 0.2) is 12.1 Å². The molecule has 0 spiro atoms. The molecule has 0 radical (unpaired) electrons. The van der Waals surface area contributed by atoms with Crippen LogP contribution in [0.2, 0.25) is 0 Å². The maximum absolute atomic E-state index is 14.0. The van der Waals surface area contributed by atoms with E-state index in [1.807, 2.05) is 0 Å². The predicted octanol–water partition coefficient (Wildman–Crippen LogP) is 1.08. The molecular formula is C20H26F3N5O3S. The summed E-state index contributed by atoms with van der Waals surface area (Å²) < 4.78 is 66.5. The molecule has 1 aromatic heterocycles. The Morgan fingerprint density at radius 3 is 2.66 bits per heavy atom. The number of hydrogen-bond donors (Lipinski definition) is 1. The molecule has 1 unspecified atom stereocenters. The van der Waals surface area contributed by atoms with E-state index in [1.165, 1.54) is 9.47 Å². The van der Waals surface area contributed by atoms with Crippen molar-refractivity contribution in [3.8, 4) is 0 Å². The Kier molecular flexibility index (Phi) is 6.10. The number of sulfone groups is 1. The highest BCUT2D eigenvalue weighted by Crippen LogP contribution is 2.28. The smallest absolute Gasteiger partial charge is 0.242 e. The van der Waals surface area contributed by atoms with Crippen molar-refractivity contribution in [2.75, 3.05) is 43.1 Å². The molecule has 3 atom stereocenters. The van der Waals surface area contributed by atoms with Gasteiger partial charge >= 0.3 is 0 Å². The Bertz CT molecular complexity index is 1140. The van der Waals surface area contributed by atoms with Gasteiger partial charge in [-0.2, -0.15) is 0 Å². The van der Waals surface area contributed by atoms with E-state index in [9.17, 15) is 26.4 Å². The van der Waals surface area contributed by atoms with Crippen molar-refractivity contribution in [2.24, 2.45) is 11.7 Å². The summed E-state index contributed by atoms with van der Waals surface area (Å²) in [5.74, 6) is -2.14. The molecule has 4 rings (SSSR count). The molecule has 0 bridgehead atoms. The third-order valence-corrected chi connectivity index (χ3v) is 8.04. The van der Waals surface area contributed by atoms with Gasteiger partial charge in [0.1, 0.15) is 12.7 Å². The molecule has 2 saturated heterocycles. The SMILES string of the molecule is CN(CC1CCS(=O)(=O)C1)C(=O)Cn1c(N2CC[C@@H](F)[C@H](N)C2)nc2cc(F)c(F)cc21. The number of benzene rings is 1. The first kappa shape index (κ1) is 22.8. The Morgan fingerprint density at radius 1 is 1.28 bits per heavy atom. The van der Waals surface area contributed by atoms with Crippen molar-refractivity contribution in [2.45, 2.75) is 31.6 Å². The highest BCUT2D eigenvalue weighted by molar-refractivity contribution is 7.91. The summed E-state index contributed by atoms with van der Waals surface area (Å²) in [6, 6.07) is 1.21. The van der Waals surface area contributed by atoms with E-state index in [1.54, 1.807) is 11.9 Å². The number of alkyl halides is 1. The molecule has 1 aromatic carbocycles. The Morgan fingerprint density at radius 2 is 2.00 bits per heavy atom. The van der Waals surface area contributed by atoms with E-state index in [0.717, 1.165) is 12.1 Å². The number of likely N-dealkylation sites (N-methyl/N-ethyl adjacent to an activating group) is 1. The lowest BCUT2D eigenvalue weighted by atomic mass is 10.1. The molecule has 2 aliphatic rings. The number of carbonyl (C=O) groups excluding carboxylic acids is 1. The first-order valence-electron chi connectivity index (χ1n) is 10.5. The number of aromatic nitrogens is 2. The molecule has 0 aliphatic carbocycles. The zero-order chi connectivity index (χ0) is 23.2. The number of rotatable bonds is 5. The fourth-order valence-electron chi connectivity index (χ4n) is 4.40. The molecule has 12 heteroatoms. The number of nitrogens with zero attached hydrogens (tertiary/aromatic N) is 4. The lowest BCUT2D eigenvalue weighted by Gasteiger charge is -2.34. The molecule has 3 heterocycles. The number of nitrogens with two attached hydrogens (primary N) is 1. The summed E-state index contributed by atoms with van der Waals surface area (Å²) in [4.78, 5) is 20.5. The first-order chi connectivity index (χ1) is 15.0. The van der Waals surface area contributed by atoms with Gasteiger partial charge in [0, 0.05) is 38.8 Å². The highest BCUT2D eigenvalue weighted by Gasteiger charge is 2.32. The molecule has 2 aromatic rings. The first-order valence-corrected chi connectivity index (χ1v) is 12.3. The quantitative estimate of drug-likeness (QED) is 0.698. The van der Waals surface area contributed by atoms with Crippen LogP contribution in [0.25, 0.3) is 11.0 Å². The maximum atomic E-state index is 14.0. The molecule has 8 nitrogen and oxygen atoms in total. The normalized spacial score (nSPS) is 25.4. The van der Waals surface area contributed by atoms with Crippen LogP contribution in [0, 0.1) is 17.6 Å². The van der Waals surface area contributed by atoms with E-state index in [2.05, 4.69) is 4.98 Å². The van der Waals surface area contributed by atoms with Crippen LogP contribution in [-0.2, 0) is 21.2 Å². The third kappa shape index (κ3) is 4.56. The largest absolute Gasteiger partial charge is 0.344 e. The average molecular weight is 474 g/mol. The Labute approximate surface area is 184 Å². The zero-order valence-corrected chi connectivity index (χ0v) is 18.5. The summed E-state index contributed by atoms with van der Waals surface area (Å²) in [6.45, 7) is 0.519. The molecule has 1 amide bonds. The number of halogens is 3. The van der Waals surface area contributed by atoms with Gasteiger partial charge in [-0.15, -0.1) is 0 Å². The molecular weight excluding hydrogens is 447 g/mol. The van der Waals surface area contributed by atoms with Crippen molar-refractivity contribution >= 4 is 32.7 Å². The molecule has 2 fully saturated rings. The predicted molar refractivity (Wildman–Crippen MR) is 114 cm³/mol. The molecule has 2 aliphatic heterocycles. The van der Waals surface area contributed by atoms with Crippen molar-refractivity contribution in [3.63, 3.8) is 0 Å². The van der Waals surface area contributed by atoms with E-state index < -0.39 is 33.7 Å². The van der Waals surface area contributed by atoms with Gasteiger partial charge in [0.05, 0.1) is 28.6 Å².